The molecule has 0 amide bonds. The van der Waals surface area contributed by atoms with Gasteiger partial charge in [-0.2, -0.15) is 9.61 Å². The molecule has 7 nitrogen and oxygen atoms in total. The molecule has 3 aromatic heterocycles. The molecule has 0 bridgehead atoms. The first kappa shape index (κ1) is 20.7. The number of rotatable bonds is 5. The van der Waals surface area contributed by atoms with Gasteiger partial charge < -0.3 is 10.5 Å². The zero-order valence-electron chi connectivity index (χ0n) is 16.8. The molecule has 160 valence electrons. The highest BCUT2D eigenvalue weighted by Crippen LogP contribution is 2.34. The smallest absolute Gasteiger partial charge is 0.187 e. The van der Waals surface area contributed by atoms with E-state index in [-0.39, 0.29) is 12.4 Å². The van der Waals surface area contributed by atoms with E-state index in [4.69, 9.17) is 15.5 Å². The van der Waals surface area contributed by atoms with Gasteiger partial charge in [0.25, 0.3) is 0 Å². The number of nitrogens with zero attached hydrogens (tertiary/aromatic N) is 5. The predicted octanol–water partition coefficient (Wildman–Crippen LogP) is 5.21. The molecule has 2 aromatic carbocycles. The van der Waals surface area contributed by atoms with Crippen molar-refractivity contribution in [3.63, 3.8) is 0 Å². The van der Waals surface area contributed by atoms with Crippen LogP contribution in [0, 0.1) is 5.82 Å². The molecular formula is C22H16BrFN6OS. The first-order valence-electron chi connectivity index (χ1n) is 9.55. The monoisotopic (exact) mass is 510 g/mol. The average molecular weight is 511 g/mol. The van der Waals surface area contributed by atoms with Gasteiger partial charge in [-0.1, -0.05) is 40.2 Å². The van der Waals surface area contributed by atoms with Crippen molar-refractivity contribution in [2.75, 3.05) is 12.8 Å². The molecule has 5 rings (SSSR count). The SMILES string of the molecule is COCc1nn2c(N)c(-c3nc(-c4ccc(Br)cc4)cs3)nnc2c1-c1ccc(F)cc1. The minimum Gasteiger partial charge on any atom is -0.382 e. The van der Waals surface area contributed by atoms with Crippen LogP contribution in [0.4, 0.5) is 10.2 Å². The van der Waals surface area contributed by atoms with Crippen LogP contribution in [0.3, 0.4) is 0 Å². The molecule has 0 aliphatic carbocycles. The van der Waals surface area contributed by atoms with Crippen LogP contribution in [0.2, 0.25) is 0 Å². The Bertz CT molecular complexity index is 1420. The van der Waals surface area contributed by atoms with Crippen molar-refractivity contribution in [3.05, 3.63) is 69.9 Å². The quantitative estimate of drug-likeness (QED) is 0.348. The number of ether oxygens (including phenoxy) is 1. The fourth-order valence-corrected chi connectivity index (χ4v) is 4.48. The summed E-state index contributed by atoms with van der Waals surface area (Å²) in [5, 5.41) is 16.0. The number of anilines is 1. The van der Waals surface area contributed by atoms with Gasteiger partial charge in [-0.3, -0.25) is 0 Å². The average Bonchev–Trinajstić information content (AvgIpc) is 3.41. The van der Waals surface area contributed by atoms with Crippen LogP contribution in [0.15, 0.2) is 58.4 Å². The molecule has 5 aromatic rings. The number of aromatic nitrogens is 5. The number of nitrogen functional groups attached to an aromatic ring is 1. The number of benzene rings is 2. The van der Waals surface area contributed by atoms with Crippen LogP contribution in [0.1, 0.15) is 5.69 Å². The summed E-state index contributed by atoms with van der Waals surface area (Å²) < 4.78 is 21.3. The Balaban J connectivity index is 1.62. The summed E-state index contributed by atoms with van der Waals surface area (Å²) in [4.78, 5) is 4.69. The normalized spacial score (nSPS) is 11.3. The van der Waals surface area contributed by atoms with Crippen LogP contribution in [0.5, 0.6) is 0 Å². The molecule has 10 heteroatoms. The Morgan fingerprint density at radius 2 is 1.78 bits per heavy atom. The summed E-state index contributed by atoms with van der Waals surface area (Å²) in [7, 11) is 1.58. The number of nitrogens with two attached hydrogens (primary N) is 1. The molecule has 0 saturated carbocycles. The maximum absolute atomic E-state index is 13.4. The third kappa shape index (κ3) is 3.66. The van der Waals surface area contributed by atoms with Gasteiger partial charge in [0.05, 0.1) is 23.6 Å². The minimum atomic E-state index is -0.322. The fourth-order valence-electron chi connectivity index (χ4n) is 3.40. The van der Waals surface area contributed by atoms with Crippen molar-refractivity contribution >= 4 is 38.7 Å². The van der Waals surface area contributed by atoms with Crippen LogP contribution >= 0.6 is 27.3 Å². The van der Waals surface area contributed by atoms with Gasteiger partial charge in [0.2, 0.25) is 0 Å². The molecule has 0 aliphatic rings. The molecule has 3 heterocycles. The maximum atomic E-state index is 13.4. The summed E-state index contributed by atoms with van der Waals surface area (Å²) in [5.74, 6) is -0.00540. The topological polar surface area (TPSA) is 91.2 Å². The van der Waals surface area contributed by atoms with Gasteiger partial charge in [0, 0.05) is 22.5 Å². The van der Waals surface area contributed by atoms with Crippen LogP contribution in [-0.2, 0) is 11.3 Å². The van der Waals surface area contributed by atoms with Crippen LogP contribution in [-0.4, -0.2) is 31.9 Å². The zero-order valence-corrected chi connectivity index (χ0v) is 19.2. The zero-order chi connectivity index (χ0) is 22.2. The first-order valence-corrected chi connectivity index (χ1v) is 11.2. The van der Waals surface area contributed by atoms with E-state index in [0.717, 1.165) is 21.3 Å². The van der Waals surface area contributed by atoms with Gasteiger partial charge in [-0.15, -0.1) is 21.5 Å². The second kappa shape index (κ2) is 8.38. The standard InChI is InChI=1S/C22H16BrFN6OS/c1-31-10-16-18(13-4-8-15(24)9-5-13)21-28-27-19(20(25)30(21)29-16)22-26-17(11-32-22)12-2-6-14(23)7-3-12/h2-9,11H,10,25H2,1H3. The molecule has 0 fully saturated rings. The van der Waals surface area contributed by atoms with E-state index in [0.29, 0.717) is 33.4 Å². The molecule has 0 spiro atoms. The van der Waals surface area contributed by atoms with Crippen molar-refractivity contribution in [1.29, 1.82) is 0 Å². The Labute approximate surface area is 194 Å². The number of hydrogen-bond donors (Lipinski definition) is 1. The minimum absolute atomic E-state index is 0.246. The van der Waals surface area contributed by atoms with E-state index in [1.54, 1.807) is 19.2 Å². The van der Waals surface area contributed by atoms with Gasteiger partial charge in [-0.05, 0) is 29.8 Å². The third-order valence-corrected chi connectivity index (χ3v) is 6.29. The summed E-state index contributed by atoms with van der Waals surface area (Å²) in [6.07, 6.45) is 0. The predicted molar refractivity (Wildman–Crippen MR) is 126 cm³/mol. The maximum Gasteiger partial charge on any atom is 0.187 e. The molecular weight excluding hydrogens is 495 g/mol. The lowest BCUT2D eigenvalue weighted by molar-refractivity contribution is 0.181. The molecule has 0 radical (unpaired) electrons. The lowest BCUT2D eigenvalue weighted by Crippen LogP contribution is -2.05. The number of hydrogen-bond acceptors (Lipinski definition) is 7. The molecule has 0 atom stereocenters. The van der Waals surface area contributed by atoms with Gasteiger partial charge >= 0.3 is 0 Å². The largest absolute Gasteiger partial charge is 0.382 e. The van der Waals surface area contributed by atoms with E-state index in [1.807, 2.05) is 29.6 Å². The van der Waals surface area contributed by atoms with Crippen molar-refractivity contribution in [2.45, 2.75) is 6.61 Å². The van der Waals surface area contributed by atoms with Crippen LogP contribution in [0.25, 0.3) is 38.7 Å². The van der Waals surface area contributed by atoms with Gasteiger partial charge in [-0.25, -0.2) is 9.37 Å². The third-order valence-electron chi connectivity index (χ3n) is 4.91. The summed E-state index contributed by atoms with van der Waals surface area (Å²) in [5.41, 5.74) is 11.3. The molecule has 0 aliphatic heterocycles. The van der Waals surface area contributed by atoms with Gasteiger partial charge in [0.1, 0.15) is 10.8 Å². The Kier molecular flexibility index (Phi) is 5.41. The summed E-state index contributed by atoms with van der Waals surface area (Å²) >= 11 is 4.87. The van der Waals surface area contributed by atoms with E-state index in [9.17, 15) is 4.39 Å². The highest BCUT2D eigenvalue weighted by Gasteiger charge is 2.21. The van der Waals surface area contributed by atoms with Crippen LogP contribution < -0.4 is 5.73 Å². The Morgan fingerprint density at radius 3 is 2.50 bits per heavy atom. The number of methoxy groups -OCH3 is 1. The van der Waals surface area contributed by atoms with E-state index >= 15 is 0 Å². The molecule has 0 saturated heterocycles. The number of fused-ring (bicyclic) bond motifs is 1. The summed E-state index contributed by atoms with van der Waals surface area (Å²) in [6, 6.07) is 14.0. The lowest BCUT2D eigenvalue weighted by Gasteiger charge is -2.04. The second-order valence-electron chi connectivity index (χ2n) is 6.98. The van der Waals surface area contributed by atoms with Crippen molar-refractivity contribution in [1.82, 2.24) is 24.8 Å². The number of thiazole rings is 1. The number of halogens is 2. The van der Waals surface area contributed by atoms with E-state index in [1.165, 1.54) is 28.0 Å². The highest BCUT2D eigenvalue weighted by atomic mass is 79.9. The lowest BCUT2D eigenvalue weighted by atomic mass is 10.1. The van der Waals surface area contributed by atoms with Gasteiger partial charge in [0.15, 0.2) is 17.2 Å². The molecule has 32 heavy (non-hydrogen) atoms. The fraction of sp³-hybridized carbons (Fsp3) is 0.0909. The highest BCUT2D eigenvalue weighted by molar-refractivity contribution is 9.10. The molecule has 0 unspecified atom stereocenters. The summed E-state index contributed by atoms with van der Waals surface area (Å²) in [6.45, 7) is 0.246. The van der Waals surface area contributed by atoms with E-state index < -0.39 is 0 Å². The molecule has 2 N–H and O–H groups in total. The van der Waals surface area contributed by atoms with Crippen molar-refractivity contribution in [2.24, 2.45) is 0 Å². The Hall–Kier alpha value is -3.21. The van der Waals surface area contributed by atoms with Crippen molar-refractivity contribution < 1.29 is 9.13 Å². The first-order chi connectivity index (χ1) is 15.5. The Morgan fingerprint density at radius 1 is 1.06 bits per heavy atom. The van der Waals surface area contributed by atoms with Crippen molar-refractivity contribution in [3.8, 4) is 33.1 Å². The second-order valence-corrected chi connectivity index (χ2v) is 8.75. The van der Waals surface area contributed by atoms with E-state index in [2.05, 4.69) is 31.2 Å².